The number of hydrogen-bond donors (Lipinski definition) is 0. The number of nitrogens with zero attached hydrogens (tertiary/aromatic N) is 3. The van der Waals surface area contributed by atoms with Gasteiger partial charge in [0.1, 0.15) is 10.7 Å². The number of ether oxygens (including phenoxy) is 1. The van der Waals surface area contributed by atoms with Crippen LogP contribution in [-0.4, -0.2) is 46.8 Å². The Bertz CT molecular complexity index is 726. The SMILES string of the molecule is Cc1nn(-c2ccccc2)c(Cl)c1C(=O)O[C@H](C)C(=O)N(C)C. The Balaban J connectivity index is 2.29. The number of carbonyl (C=O) groups excluding carboxylic acids is 2. The van der Waals surface area contributed by atoms with Crippen molar-refractivity contribution < 1.29 is 14.3 Å². The van der Waals surface area contributed by atoms with E-state index in [1.165, 1.54) is 16.5 Å². The predicted octanol–water partition coefficient (Wildman–Crippen LogP) is 2.47. The molecule has 1 amide bonds. The summed E-state index contributed by atoms with van der Waals surface area (Å²) in [4.78, 5) is 25.5. The topological polar surface area (TPSA) is 64.4 Å². The third-order valence-electron chi connectivity index (χ3n) is 3.28. The second-order valence-corrected chi connectivity index (χ2v) is 5.64. The van der Waals surface area contributed by atoms with Crippen LogP contribution in [0.15, 0.2) is 30.3 Å². The Hall–Kier alpha value is -2.34. The molecule has 0 unspecified atom stereocenters. The first-order chi connectivity index (χ1) is 10.8. The molecular formula is C16H18ClN3O3. The van der Waals surface area contributed by atoms with Crippen molar-refractivity contribution in [1.29, 1.82) is 0 Å². The van der Waals surface area contributed by atoms with E-state index < -0.39 is 12.1 Å². The highest BCUT2D eigenvalue weighted by atomic mass is 35.5. The van der Waals surface area contributed by atoms with Crippen molar-refractivity contribution in [2.75, 3.05) is 14.1 Å². The first-order valence-electron chi connectivity index (χ1n) is 7.05. The Morgan fingerprint density at radius 3 is 2.43 bits per heavy atom. The van der Waals surface area contributed by atoms with Crippen molar-refractivity contribution in [1.82, 2.24) is 14.7 Å². The number of aryl methyl sites for hydroxylation is 1. The molecule has 0 saturated heterocycles. The van der Waals surface area contributed by atoms with Gasteiger partial charge in [0, 0.05) is 14.1 Å². The number of para-hydroxylation sites is 1. The quantitative estimate of drug-likeness (QED) is 0.805. The molecule has 0 saturated carbocycles. The van der Waals surface area contributed by atoms with Gasteiger partial charge in [-0.2, -0.15) is 5.10 Å². The largest absolute Gasteiger partial charge is 0.449 e. The maximum atomic E-state index is 12.3. The van der Waals surface area contributed by atoms with Crippen molar-refractivity contribution in [2.45, 2.75) is 20.0 Å². The van der Waals surface area contributed by atoms with Crippen molar-refractivity contribution >= 4 is 23.5 Å². The summed E-state index contributed by atoms with van der Waals surface area (Å²) in [6.45, 7) is 3.19. The minimum atomic E-state index is -0.895. The summed E-state index contributed by atoms with van der Waals surface area (Å²) in [5, 5.41) is 4.43. The third-order valence-corrected chi connectivity index (χ3v) is 3.63. The van der Waals surface area contributed by atoms with Crippen molar-refractivity contribution in [2.24, 2.45) is 0 Å². The molecule has 0 aliphatic heterocycles. The van der Waals surface area contributed by atoms with E-state index in [-0.39, 0.29) is 16.6 Å². The van der Waals surface area contributed by atoms with E-state index >= 15 is 0 Å². The van der Waals surface area contributed by atoms with Crippen molar-refractivity contribution in [3.63, 3.8) is 0 Å². The lowest BCUT2D eigenvalue weighted by atomic mass is 10.2. The number of likely N-dealkylation sites (N-methyl/N-ethyl adjacent to an activating group) is 1. The molecule has 23 heavy (non-hydrogen) atoms. The molecule has 1 aromatic heterocycles. The molecule has 0 N–H and O–H groups in total. The molecular weight excluding hydrogens is 318 g/mol. The smallest absolute Gasteiger partial charge is 0.344 e. The number of carbonyl (C=O) groups is 2. The van der Waals surface area contributed by atoms with Crippen molar-refractivity contribution in [3.05, 3.63) is 46.7 Å². The summed E-state index contributed by atoms with van der Waals surface area (Å²) in [5.41, 5.74) is 1.33. The standard InChI is InChI=1S/C16H18ClN3O3/c1-10-13(16(22)23-11(2)15(21)19(3)4)14(17)20(18-10)12-8-6-5-7-9-12/h5-9,11H,1-4H3/t11-/m1/s1. The third kappa shape index (κ3) is 3.53. The van der Waals surface area contributed by atoms with Gasteiger partial charge in [0.05, 0.1) is 11.4 Å². The number of rotatable bonds is 4. The van der Waals surface area contributed by atoms with E-state index in [0.29, 0.717) is 5.69 Å². The Morgan fingerprint density at radius 2 is 1.87 bits per heavy atom. The molecule has 7 heteroatoms. The highest BCUT2D eigenvalue weighted by molar-refractivity contribution is 6.33. The summed E-state index contributed by atoms with van der Waals surface area (Å²) in [6, 6.07) is 9.21. The van der Waals surface area contributed by atoms with Gasteiger partial charge in [0.2, 0.25) is 0 Å². The fourth-order valence-electron chi connectivity index (χ4n) is 2.10. The first kappa shape index (κ1) is 17.0. The number of aromatic nitrogens is 2. The molecule has 0 aliphatic rings. The van der Waals surface area contributed by atoms with E-state index in [1.807, 2.05) is 30.3 Å². The second-order valence-electron chi connectivity index (χ2n) is 5.28. The molecule has 0 spiro atoms. The average Bonchev–Trinajstić information content (AvgIpc) is 2.82. The van der Waals surface area contributed by atoms with Crippen LogP contribution in [0.5, 0.6) is 0 Å². The van der Waals surface area contributed by atoms with Gasteiger partial charge in [-0.3, -0.25) is 4.79 Å². The number of esters is 1. The second kappa shape index (κ2) is 6.83. The minimum Gasteiger partial charge on any atom is -0.449 e. The molecule has 0 bridgehead atoms. The maximum Gasteiger partial charge on any atom is 0.344 e. The first-order valence-corrected chi connectivity index (χ1v) is 7.43. The van der Waals surface area contributed by atoms with Gasteiger partial charge in [-0.05, 0) is 26.0 Å². The fraction of sp³-hybridized carbons (Fsp3) is 0.312. The van der Waals surface area contributed by atoms with E-state index in [9.17, 15) is 9.59 Å². The van der Waals surface area contributed by atoms with E-state index in [4.69, 9.17) is 16.3 Å². The lowest BCUT2D eigenvalue weighted by Gasteiger charge is -2.17. The van der Waals surface area contributed by atoms with Crippen molar-refractivity contribution in [3.8, 4) is 5.69 Å². The lowest BCUT2D eigenvalue weighted by molar-refractivity contribution is -0.137. The molecule has 0 fully saturated rings. The van der Waals surface area contributed by atoms with E-state index in [0.717, 1.165) is 5.69 Å². The zero-order chi connectivity index (χ0) is 17.1. The summed E-state index contributed by atoms with van der Waals surface area (Å²) >= 11 is 6.29. The van der Waals surface area contributed by atoms with Crippen LogP contribution in [0, 0.1) is 6.92 Å². The molecule has 2 rings (SSSR count). The van der Waals surface area contributed by atoms with Crippen LogP contribution < -0.4 is 0 Å². The van der Waals surface area contributed by atoms with Gasteiger partial charge >= 0.3 is 5.97 Å². The molecule has 1 atom stereocenters. The number of amides is 1. The molecule has 122 valence electrons. The normalized spacial score (nSPS) is 11.9. The van der Waals surface area contributed by atoms with Crippen LogP contribution in [0.2, 0.25) is 5.15 Å². The zero-order valence-corrected chi connectivity index (χ0v) is 14.2. The summed E-state index contributed by atoms with van der Waals surface area (Å²) in [5.74, 6) is -0.972. The van der Waals surface area contributed by atoms with E-state index in [2.05, 4.69) is 5.10 Å². The highest BCUT2D eigenvalue weighted by Crippen LogP contribution is 2.24. The van der Waals surface area contributed by atoms with Crippen LogP contribution >= 0.6 is 11.6 Å². The number of benzene rings is 1. The molecule has 2 aromatic rings. The minimum absolute atomic E-state index is 0.156. The van der Waals surface area contributed by atoms with Gasteiger partial charge in [0.25, 0.3) is 5.91 Å². The molecule has 1 aromatic carbocycles. The van der Waals surface area contributed by atoms with Gasteiger partial charge in [-0.15, -0.1) is 0 Å². The molecule has 6 nitrogen and oxygen atoms in total. The van der Waals surface area contributed by atoms with Gasteiger partial charge < -0.3 is 9.64 Å². The Labute approximate surface area is 139 Å². The number of hydrogen-bond acceptors (Lipinski definition) is 4. The number of halogens is 1. The summed E-state index contributed by atoms with van der Waals surface area (Å²) in [6.07, 6.45) is -0.895. The Kier molecular flexibility index (Phi) is 5.05. The lowest BCUT2D eigenvalue weighted by Crippen LogP contribution is -2.35. The monoisotopic (exact) mass is 335 g/mol. The maximum absolute atomic E-state index is 12.3. The molecule has 0 radical (unpaired) electrons. The summed E-state index contributed by atoms with van der Waals surface area (Å²) in [7, 11) is 3.19. The predicted molar refractivity (Wildman–Crippen MR) is 86.9 cm³/mol. The van der Waals surface area contributed by atoms with Gasteiger partial charge in [-0.25, -0.2) is 9.48 Å². The molecule has 0 aliphatic carbocycles. The average molecular weight is 336 g/mol. The zero-order valence-electron chi connectivity index (χ0n) is 13.4. The van der Waals surface area contributed by atoms with Crippen LogP contribution in [0.3, 0.4) is 0 Å². The van der Waals surface area contributed by atoms with Crippen LogP contribution in [0.4, 0.5) is 0 Å². The van der Waals surface area contributed by atoms with Crippen LogP contribution in [0.1, 0.15) is 23.0 Å². The van der Waals surface area contributed by atoms with E-state index in [1.54, 1.807) is 21.0 Å². The fourth-order valence-corrected chi connectivity index (χ4v) is 2.45. The van der Waals surface area contributed by atoms with Crippen LogP contribution in [-0.2, 0) is 9.53 Å². The highest BCUT2D eigenvalue weighted by Gasteiger charge is 2.26. The van der Waals surface area contributed by atoms with Gasteiger partial charge in [-0.1, -0.05) is 29.8 Å². The van der Waals surface area contributed by atoms with Gasteiger partial charge in [0.15, 0.2) is 6.10 Å². The Morgan fingerprint density at radius 1 is 1.26 bits per heavy atom. The molecule has 1 heterocycles. The van der Waals surface area contributed by atoms with Crippen LogP contribution in [0.25, 0.3) is 5.69 Å². The summed E-state index contributed by atoms with van der Waals surface area (Å²) < 4.78 is 6.67.